The van der Waals surface area contributed by atoms with Crippen molar-refractivity contribution in [2.75, 3.05) is 32.1 Å². The van der Waals surface area contributed by atoms with Gasteiger partial charge in [-0.15, -0.1) is 0 Å². The maximum absolute atomic E-state index is 8.79. The van der Waals surface area contributed by atoms with Gasteiger partial charge >= 0.3 is 0 Å². The number of ether oxygens (including phenoxy) is 2. The highest BCUT2D eigenvalue weighted by Gasteiger charge is 2.19. The second kappa shape index (κ2) is 8.78. The van der Waals surface area contributed by atoms with Crippen LogP contribution in [0.25, 0.3) is 5.57 Å². The van der Waals surface area contributed by atoms with E-state index in [9.17, 15) is 0 Å². The van der Waals surface area contributed by atoms with Crippen LogP contribution in [0.15, 0.2) is 41.7 Å². The van der Waals surface area contributed by atoms with E-state index in [0.717, 1.165) is 29.1 Å². The van der Waals surface area contributed by atoms with Crippen molar-refractivity contribution in [2.24, 2.45) is 10.7 Å². The Hall–Kier alpha value is -3.44. The summed E-state index contributed by atoms with van der Waals surface area (Å²) in [6.45, 7) is 1.60. The highest BCUT2D eigenvalue weighted by molar-refractivity contribution is 6.11. The van der Waals surface area contributed by atoms with Crippen molar-refractivity contribution >= 4 is 17.2 Å². The minimum Gasteiger partial charge on any atom is -0.496 e. The molecule has 2 aromatic rings. The zero-order valence-electron chi connectivity index (χ0n) is 15.0. The first-order valence-electron chi connectivity index (χ1n) is 8.49. The maximum Gasteiger partial charge on any atom is 0.158 e. The number of rotatable bonds is 7. The van der Waals surface area contributed by atoms with Crippen LogP contribution >= 0.6 is 0 Å². The molecule has 0 saturated carbocycles. The second-order valence-corrected chi connectivity index (χ2v) is 5.72. The first kappa shape index (κ1) is 18.4. The summed E-state index contributed by atoms with van der Waals surface area (Å²) >= 11 is 0. The van der Waals surface area contributed by atoms with Gasteiger partial charge in [-0.1, -0.05) is 6.07 Å². The van der Waals surface area contributed by atoms with Gasteiger partial charge in [0.05, 0.1) is 38.2 Å². The van der Waals surface area contributed by atoms with Crippen LogP contribution in [0.5, 0.6) is 11.5 Å². The third kappa shape index (κ3) is 4.40. The zero-order valence-corrected chi connectivity index (χ0v) is 15.0. The largest absolute Gasteiger partial charge is 0.496 e. The Morgan fingerprint density at radius 1 is 1.26 bits per heavy atom. The highest BCUT2D eigenvalue weighted by atomic mass is 16.5. The number of nitrogens with zero attached hydrogens (tertiary/aromatic N) is 4. The fourth-order valence-electron chi connectivity index (χ4n) is 2.62. The molecule has 1 aromatic carbocycles. The van der Waals surface area contributed by atoms with E-state index in [2.05, 4.69) is 20.3 Å². The van der Waals surface area contributed by atoms with Crippen LogP contribution in [0.4, 0.5) is 5.82 Å². The molecule has 0 radical (unpaired) electrons. The fourth-order valence-corrected chi connectivity index (χ4v) is 2.62. The Balaban J connectivity index is 1.80. The number of nitriles is 1. The first-order valence-corrected chi connectivity index (χ1v) is 8.49. The van der Waals surface area contributed by atoms with Crippen molar-refractivity contribution in [3.05, 3.63) is 47.9 Å². The van der Waals surface area contributed by atoms with Crippen LogP contribution in [0, 0.1) is 11.3 Å². The lowest BCUT2D eigenvalue weighted by Gasteiger charge is -2.15. The minimum atomic E-state index is 0.262. The molecule has 0 amide bonds. The van der Waals surface area contributed by atoms with Crippen LogP contribution in [-0.4, -0.2) is 42.6 Å². The number of amidine groups is 1. The van der Waals surface area contributed by atoms with Crippen LogP contribution in [-0.2, 0) is 0 Å². The quantitative estimate of drug-likeness (QED) is 0.721. The summed E-state index contributed by atoms with van der Waals surface area (Å²) in [7, 11) is 1.63. The van der Waals surface area contributed by atoms with Crippen LogP contribution in [0.3, 0.4) is 0 Å². The molecule has 8 heteroatoms. The lowest BCUT2D eigenvalue weighted by atomic mass is 10.0. The lowest BCUT2D eigenvalue weighted by molar-refractivity contribution is 0.309. The predicted octanol–water partition coefficient (Wildman–Crippen LogP) is 1.99. The molecule has 138 valence electrons. The van der Waals surface area contributed by atoms with Crippen LogP contribution < -0.4 is 20.5 Å². The summed E-state index contributed by atoms with van der Waals surface area (Å²) in [5.41, 5.74) is 7.66. The molecule has 1 aromatic heterocycles. The fraction of sp³-hybridized carbons (Fsp3) is 0.263. The summed E-state index contributed by atoms with van der Waals surface area (Å²) < 4.78 is 11.4. The predicted molar refractivity (Wildman–Crippen MR) is 103 cm³/mol. The van der Waals surface area contributed by atoms with Gasteiger partial charge in [0.2, 0.25) is 0 Å². The van der Waals surface area contributed by atoms with E-state index in [1.165, 1.54) is 12.4 Å². The topological polar surface area (TPSA) is 118 Å². The van der Waals surface area contributed by atoms with Crippen molar-refractivity contribution in [1.29, 1.82) is 5.26 Å². The van der Waals surface area contributed by atoms with E-state index in [1.54, 1.807) is 7.11 Å². The third-order valence-electron chi connectivity index (χ3n) is 3.89. The summed E-state index contributed by atoms with van der Waals surface area (Å²) in [4.78, 5) is 12.6. The van der Waals surface area contributed by atoms with Crippen LogP contribution in [0.1, 0.15) is 17.7 Å². The molecule has 0 fully saturated rings. The molecule has 1 aliphatic rings. The van der Waals surface area contributed by atoms with Crippen molar-refractivity contribution in [2.45, 2.75) is 6.42 Å². The van der Waals surface area contributed by atoms with Gasteiger partial charge in [0.25, 0.3) is 0 Å². The van der Waals surface area contributed by atoms with E-state index < -0.39 is 0 Å². The molecule has 3 rings (SSSR count). The second-order valence-electron chi connectivity index (χ2n) is 5.72. The molecule has 3 N–H and O–H groups in total. The number of anilines is 1. The van der Waals surface area contributed by atoms with E-state index >= 15 is 0 Å². The average molecular weight is 364 g/mol. The average Bonchev–Trinajstić information content (AvgIpc) is 3.16. The van der Waals surface area contributed by atoms with E-state index in [-0.39, 0.29) is 5.69 Å². The molecule has 8 nitrogen and oxygen atoms in total. The number of benzene rings is 1. The van der Waals surface area contributed by atoms with E-state index in [1.807, 2.05) is 30.3 Å². The first-order chi connectivity index (χ1) is 13.2. The third-order valence-corrected chi connectivity index (χ3v) is 3.89. The number of aliphatic imine (C=N–C) groups is 1. The molecule has 0 unspecified atom stereocenters. The van der Waals surface area contributed by atoms with Gasteiger partial charge in [-0.25, -0.2) is 9.97 Å². The Kier molecular flexibility index (Phi) is 5.97. The van der Waals surface area contributed by atoms with Crippen molar-refractivity contribution in [3.8, 4) is 17.6 Å². The Morgan fingerprint density at radius 2 is 2.11 bits per heavy atom. The monoisotopic (exact) mass is 364 g/mol. The van der Waals surface area contributed by atoms with Gasteiger partial charge in [-0.05, 0) is 36.7 Å². The SMILES string of the molecule is COc1cccc(OCCCN)c1C1=CC(Nc2cnc(C#N)cn2)=NC1. The van der Waals surface area contributed by atoms with E-state index in [4.69, 9.17) is 20.5 Å². The molecular formula is C19H20N6O2. The molecule has 0 saturated heterocycles. The van der Waals surface area contributed by atoms with Gasteiger partial charge in [0, 0.05) is 0 Å². The highest BCUT2D eigenvalue weighted by Crippen LogP contribution is 2.36. The van der Waals surface area contributed by atoms with Crippen molar-refractivity contribution in [3.63, 3.8) is 0 Å². The lowest BCUT2D eigenvalue weighted by Crippen LogP contribution is -2.09. The summed E-state index contributed by atoms with van der Waals surface area (Å²) in [5, 5.41) is 11.9. The summed E-state index contributed by atoms with van der Waals surface area (Å²) in [6.07, 6.45) is 5.60. The minimum absolute atomic E-state index is 0.262. The molecule has 0 aliphatic carbocycles. The summed E-state index contributed by atoms with van der Waals surface area (Å²) in [5.74, 6) is 2.64. The van der Waals surface area contributed by atoms with Gasteiger partial charge < -0.3 is 20.5 Å². The standard InChI is InChI=1S/C19H20N6O2/c1-26-15-4-2-5-16(27-7-3-6-20)19(15)13-8-17(23-10-13)25-18-12-22-14(9-21)11-24-18/h2,4-5,8,11-12H,3,6-7,10,20H2,1H3,(H,23,24,25). The van der Waals surface area contributed by atoms with Crippen molar-refractivity contribution < 1.29 is 9.47 Å². The maximum atomic E-state index is 8.79. The van der Waals surface area contributed by atoms with Gasteiger partial charge in [-0.2, -0.15) is 5.26 Å². The molecule has 0 atom stereocenters. The number of methoxy groups -OCH3 is 1. The molecule has 1 aliphatic heterocycles. The van der Waals surface area contributed by atoms with Gasteiger partial charge in [0.1, 0.15) is 29.2 Å². The normalized spacial score (nSPS) is 12.8. The summed E-state index contributed by atoms with van der Waals surface area (Å²) in [6, 6.07) is 7.63. The number of nitrogens with two attached hydrogens (primary N) is 1. The zero-order chi connectivity index (χ0) is 19.1. The Bertz CT molecular complexity index is 899. The molecule has 0 bridgehead atoms. The Labute approximate surface area is 157 Å². The van der Waals surface area contributed by atoms with Gasteiger partial charge in [0.15, 0.2) is 5.69 Å². The smallest absolute Gasteiger partial charge is 0.158 e. The molecule has 27 heavy (non-hydrogen) atoms. The molecular weight excluding hydrogens is 344 g/mol. The number of aromatic nitrogens is 2. The van der Waals surface area contributed by atoms with Crippen molar-refractivity contribution in [1.82, 2.24) is 9.97 Å². The number of hydrogen-bond donors (Lipinski definition) is 2. The molecule has 2 heterocycles. The van der Waals surface area contributed by atoms with E-state index in [0.29, 0.717) is 31.3 Å². The van der Waals surface area contributed by atoms with Gasteiger partial charge in [-0.3, -0.25) is 4.99 Å². The number of nitrogens with one attached hydrogen (secondary N) is 1. The Morgan fingerprint density at radius 3 is 2.81 bits per heavy atom. The molecule has 0 spiro atoms. The van der Waals surface area contributed by atoms with Crippen LogP contribution in [0.2, 0.25) is 0 Å². The number of hydrogen-bond acceptors (Lipinski definition) is 8.